The minimum absolute atomic E-state index is 0.0227. The van der Waals surface area contributed by atoms with Crippen LogP contribution in [0.5, 0.6) is 0 Å². The Hall–Kier alpha value is -4.89. The molecule has 5 aromatic rings. The molecule has 1 saturated carbocycles. The Kier molecular flexibility index (Phi) is 7.03. The molecular formula is C29H26N7O4P. The standard InChI is InChI=1S/C29H26N7O4P/c1-41(17-18-6-3-2-4-7-18)23-14-24(34-36-22(16-31-26(23)36)27(37)32-20-10-11-20)33-21-8-5-13-35(28(21)38)25-12-9-19(15-30-25)29(39)40/h2-9,12-16,20H,10-11,17H2,1H3,(H,32,37)(H,33,34)(H,39,40). The fourth-order valence-corrected chi connectivity index (χ4v) is 6.21. The second-order valence-electron chi connectivity index (χ2n) is 9.82. The van der Waals surface area contributed by atoms with Crippen molar-refractivity contribution >= 4 is 42.3 Å². The van der Waals surface area contributed by atoms with Crippen LogP contribution in [0.15, 0.2) is 84.0 Å². The first-order chi connectivity index (χ1) is 19.9. The van der Waals surface area contributed by atoms with Crippen LogP contribution in [0.25, 0.3) is 11.5 Å². The van der Waals surface area contributed by atoms with Gasteiger partial charge in [0.2, 0.25) is 0 Å². The first-order valence-corrected chi connectivity index (χ1v) is 15.0. The van der Waals surface area contributed by atoms with Crippen molar-refractivity contribution in [3.8, 4) is 5.82 Å². The molecule has 1 amide bonds. The number of hydrogen-bond donors (Lipinski definition) is 3. The molecule has 1 fully saturated rings. The third-order valence-electron chi connectivity index (χ3n) is 6.72. The minimum atomic E-state index is -1.10. The summed E-state index contributed by atoms with van der Waals surface area (Å²) in [5.41, 5.74) is 1.99. The van der Waals surface area contributed by atoms with E-state index in [-0.39, 0.29) is 29.0 Å². The highest BCUT2D eigenvalue weighted by Gasteiger charge is 2.26. The molecule has 11 nitrogen and oxygen atoms in total. The number of carbonyl (C=O) groups is 2. The van der Waals surface area contributed by atoms with E-state index in [1.54, 1.807) is 29.0 Å². The van der Waals surface area contributed by atoms with E-state index in [4.69, 9.17) is 5.11 Å². The largest absolute Gasteiger partial charge is 0.478 e. The maximum absolute atomic E-state index is 13.4. The summed E-state index contributed by atoms with van der Waals surface area (Å²) in [5.74, 6) is -0.673. The van der Waals surface area contributed by atoms with Gasteiger partial charge in [0.15, 0.2) is 17.2 Å². The van der Waals surface area contributed by atoms with Crippen LogP contribution in [-0.4, -0.2) is 53.8 Å². The molecule has 4 aromatic heterocycles. The summed E-state index contributed by atoms with van der Waals surface area (Å²) >= 11 is 0. The van der Waals surface area contributed by atoms with Crippen molar-refractivity contribution in [3.05, 3.63) is 106 Å². The van der Waals surface area contributed by atoms with Gasteiger partial charge in [-0.3, -0.25) is 14.2 Å². The summed E-state index contributed by atoms with van der Waals surface area (Å²) in [6, 6.07) is 18.4. The zero-order valence-corrected chi connectivity index (χ0v) is 23.0. The Morgan fingerprint density at radius 1 is 1.05 bits per heavy atom. The molecule has 1 aromatic carbocycles. The number of carbonyl (C=O) groups excluding carboxylic acids is 1. The van der Waals surface area contributed by atoms with Gasteiger partial charge in [0.05, 0.1) is 11.8 Å². The topological polar surface area (TPSA) is 144 Å². The van der Waals surface area contributed by atoms with Crippen LogP contribution in [0.1, 0.15) is 39.3 Å². The first kappa shape index (κ1) is 26.3. The minimum Gasteiger partial charge on any atom is -0.478 e. The predicted octanol–water partition coefficient (Wildman–Crippen LogP) is 3.55. The summed E-state index contributed by atoms with van der Waals surface area (Å²) in [6.07, 6.45) is 7.02. The van der Waals surface area contributed by atoms with Crippen LogP contribution in [0, 0.1) is 0 Å². The van der Waals surface area contributed by atoms with E-state index >= 15 is 0 Å². The van der Waals surface area contributed by atoms with E-state index in [1.165, 1.54) is 28.5 Å². The zero-order valence-electron chi connectivity index (χ0n) is 22.1. The molecule has 3 N–H and O–H groups in total. The molecule has 1 atom stereocenters. The number of anilines is 2. The fraction of sp³-hybridized carbons (Fsp3) is 0.172. The van der Waals surface area contributed by atoms with Crippen LogP contribution in [0.2, 0.25) is 0 Å². The Morgan fingerprint density at radius 3 is 2.56 bits per heavy atom. The summed E-state index contributed by atoms with van der Waals surface area (Å²) in [5, 5.41) is 20.9. The van der Waals surface area contributed by atoms with Crippen LogP contribution in [-0.2, 0) is 6.16 Å². The maximum atomic E-state index is 13.4. The normalized spacial score (nSPS) is 13.6. The lowest BCUT2D eigenvalue weighted by molar-refractivity contribution is 0.0696. The summed E-state index contributed by atoms with van der Waals surface area (Å²) in [6.45, 7) is 2.15. The second kappa shape index (κ2) is 10.9. The highest BCUT2D eigenvalue weighted by molar-refractivity contribution is 7.64. The van der Waals surface area contributed by atoms with Crippen LogP contribution in [0.3, 0.4) is 0 Å². The lowest BCUT2D eigenvalue weighted by atomic mass is 10.2. The van der Waals surface area contributed by atoms with Gasteiger partial charge >= 0.3 is 5.97 Å². The van der Waals surface area contributed by atoms with E-state index in [9.17, 15) is 14.4 Å². The van der Waals surface area contributed by atoms with E-state index in [0.29, 0.717) is 17.2 Å². The molecule has 0 spiro atoms. The lowest BCUT2D eigenvalue weighted by Crippen LogP contribution is -2.27. The number of aromatic nitrogens is 5. The maximum Gasteiger partial charge on any atom is 0.337 e. The number of benzene rings is 1. The van der Waals surface area contributed by atoms with E-state index in [1.807, 2.05) is 24.3 Å². The molecule has 206 valence electrons. The lowest BCUT2D eigenvalue weighted by Gasteiger charge is -2.16. The highest BCUT2D eigenvalue weighted by Crippen LogP contribution is 2.36. The van der Waals surface area contributed by atoms with Crippen molar-refractivity contribution in [3.63, 3.8) is 0 Å². The number of nitrogens with zero attached hydrogens (tertiary/aromatic N) is 5. The molecule has 1 unspecified atom stereocenters. The molecule has 0 bridgehead atoms. The number of rotatable bonds is 9. The van der Waals surface area contributed by atoms with Crippen LogP contribution < -0.4 is 21.5 Å². The number of nitrogens with one attached hydrogen (secondary N) is 2. The van der Waals surface area contributed by atoms with Crippen molar-refractivity contribution in [1.82, 2.24) is 29.5 Å². The number of fused-ring (bicyclic) bond motifs is 1. The van der Waals surface area contributed by atoms with Gasteiger partial charge in [-0.2, -0.15) is 0 Å². The first-order valence-electron chi connectivity index (χ1n) is 13.0. The van der Waals surface area contributed by atoms with E-state index in [0.717, 1.165) is 24.3 Å². The Morgan fingerprint density at radius 2 is 1.85 bits per heavy atom. The predicted molar refractivity (Wildman–Crippen MR) is 156 cm³/mol. The molecule has 1 aliphatic rings. The molecule has 12 heteroatoms. The van der Waals surface area contributed by atoms with Gasteiger partial charge in [-0.1, -0.05) is 38.3 Å². The Balaban J connectivity index is 1.39. The van der Waals surface area contributed by atoms with Gasteiger partial charge in [0.1, 0.15) is 11.5 Å². The van der Waals surface area contributed by atoms with Crippen molar-refractivity contribution < 1.29 is 14.7 Å². The summed E-state index contributed by atoms with van der Waals surface area (Å²) in [4.78, 5) is 46.3. The average Bonchev–Trinajstić information content (AvgIpc) is 3.69. The SMILES string of the molecule is CP(Cc1ccccc1)c1cc(Nc2cccn(-c3ccc(C(=O)O)cn3)c2=O)nn2c(C(=O)NC3CC3)cnc12. The fourth-order valence-electron chi connectivity index (χ4n) is 4.44. The van der Waals surface area contributed by atoms with Gasteiger partial charge in [0.25, 0.3) is 11.5 Å². The molecular weight excluding hydrogens is 541 g/mol. The van der Waals surface area contributed by atoms with Gasteiger partial charge in [-0.05, 0) is 61.6 Å². The quantitative estimate of drug-likeness (QED) is 0.230. The number of imidazole rings is 1. The molecule has 0 aliphatic heterocycles. The smallest absolute Gasteiger partial charge is 0.337 e. The second-order valence-corrected chi connectivity index (χ2v) is 12.0. The van der Waals surface area contributed by atoms with Crippen molar-refractivity contribution in [2.75, 3.05) is 12.0 Å². The van der Waals surface area contributed by atoms with Crippen molar-refractivity contribution in [1.29, 1.82) is 0 Å². The zero-order chi connectivity index (χ0) is 28.5. The third kappa shape index (κ3) is 5.57. The van der Waals surface area contributed by atoms with E-state index in [2.05, 4.69) is 44.5 Å². The molecule has 1 aliphatic carbocycles. The molecule has 0 radical (unpaired) electrons. The third-order valence-corrected chi connectivity index (χ3v) is 8.71. The number of pyridine rings is 2. The number of carboxylic acids is 1. The number of aromatic carboxylic acids is 1. The average molecular weight is 568 g/mol. The van der Waals surface area contributed by atoms with Crippen LogP contribution in [0.4, 0.5) is 11.5 Å². The Bertz CT molecular complexity index is 1820. The molecule has 0 saturated heterocycles. The monoisotopic (exact) mass is 567 g/mol. The number of carboxylic acid groups (broad SMARTS) is 1. The molecule has 4 heterocycles. The van der Waals surface area contributed by atoms with Crippen molar-refractivity contribution in [2.45, 2.75) is 25.0 Å². The number of hydrogen-bond acceptors (Lipinski definition) is 7. The van der Waals surface area contributed by atoms with E-state index < -0.39 is 19.5 Å². The van der Waals surface area contributed by atoms with Gasteiger partial charge in [-0.15, -0.1) is 5.10 Å². The van der Waals surface area contributed by atoms with Crippen molar-refractivity contribution in [2.24, 2.45) is 0 Å². The van der Waals surface area contributed by atoms with Crippen LogP contribution >= 0.6 is 7.92 Å². The highest BCUT2D eigenvalue weighted by atomic mass is 31.1. The molecule has 41 heavy (non-hydrogen) atoms. The van der Waals surface area contributed by atoms with Gasteiger partial charge in [-0.25, -0.2) is 19.3 Å². The summed E-state index contributed by atoms with van der Waals surface area (Å²) in [7, 11) is -0.748. The Labute approximate surface area is 235 Å². The van der Waals surface area contributed by atoms with Gasteiger partial charge in [0, 0.05) is 23.7 Å². The molecule has 6 rings (SSSR count). The van der Waals surface area contributed by atoms with Gasteiger partial charge < -0.3 is 15.7 Å². The summed E-state index contributed by atoms with van der Waals surface area (Å²) < 4.78 is 2.87. The number of amides is 1.